The molecular formula is C11H11N5S. The van der Waals surface area contributed by atoms with Crippen LogP contribution in [0.2, 0.25) is 0 Å². The van der Waals surface area contributed by atoms with Crippen molar-refractivity contribution in [2.45, 2.75) is 6.54 Å². The molecule has 0 saturated heterocycles. The van der Waals surface area contributed by atoms with Crippen molar-refractivity contribution in [1.29, 1.82) is 0 Å². The van der Waals surface area contributed by atoms with E-state index < -0.39 is 0 Å². The summed E-state index contributed by atoms with van der Waals surface area (Å²) in [5, 5.41) is 8.14. The molecule has 17 heavy (non-hydrogen) atoms. The molecule has 0 aliphatic carbocycles. The van der Waals surface area contributed by atoms with Crippen LogP contribution in [0.25, 0.3) is 15.3 Å². The third-order valence-electron chi connectivity index (χ3n) is 2.42. The molecular weight excluding hydrogens is 234 g/mol. The van der Waals surface area contributed by atoms with Crippen molar-refractivity contribution in [3.8, 4) is 5.13 Å². The van der Waals surface area contributed by atoms with Crippen LogP contribution in [0, 0.1) is 0 Å². The quantitative estimate of drug-likeness (QED) is 0.761. The number of thiazole rings is 1. The average Bonchev–Trinajstić information content (AvgIpc) is 2.94. The largest absolute Gasteiger partial charge is 0.313 e. The van der Waals surface area contributed by atoms with Crippen molar-refractivity contribution >= 4 is 21.6 Å². The van der Waals surface area contributed by atoms with Crippen molar-refractivity contribution in [2.75, 3.05) is 7.05 Å². The van der Waals surface area contributed by atoms with Crippen molar-refractivity contribution in [1.82, 2.24) is 25.1 Å². The van der Waals surface area contributed by atoms with E-state index in [1.165, 1.54) is 0 Å². The van der Waals surface area contributed by atoms with Gasteiger partial charge in [0.1, 0.15) is 12.2 Å². The topological polar surface area (TPSA) is 55.6 Å². The van der Waals surface area contributed by atoms with Gasteiger partial charge in [0.15, 0.2) is 0 Å². The molecule has 0 atom stereocenters. The van der Waals surface area contributed by atoms with E-state index in [-0.39, 0.29) is 0 Å². The predicted octanol–water partition coefficient (Wildman–Crippen LogP) is 1.60. The Morgan fingerprint density at radius 2 is 2.24 bits per heavy atom. The number of rotatable bonds is 3. The first kappa shape index (κ1) is 10.4. The molecule has 0 aliphatic heterocycles. The molecule has 0 saturated carbocycles. The second-order valence-corrected chi connectivity index (χ2v) is 4.59. The number of hydrogen-bond donors (Lipinski definition) is 1. The number of para-hydroxylation sites is 1. The van der Waals surface area contributed by atoms with Gasteiger partial charge in [0.05, 0.1) is 16.8 Å². The van der Waals surface area contributed by atoms with Gasteiger partial charge in [-0.15, -0.1) is 0 Å². The number of fused-ring (bicyclic) bond motifs is 1. The first-order chi connectivity index (χ1) is 8.38. The molecule has 5 nitrogen and oxygen atoms in total. The molecule has 3 aromatic rings. The molecule has 0 radical (unpaired) electrons. The van der Waals surface area contributed by atoms with Crippen molar-refractivity contribution in [3.05, 3.63) is 36.4 Å². The van der Waals surface area contributed by atoms with Gasteiger partial charge in [-0.1, -0.05) is 23.5 Å². The molecule has 2 heterocycles. The molecule has 3 rings (SSSR count). The van der Waals surface area contributed by atoms with Gasteiger partial charge in [0.2, 0.25) is 5.13 Å². The summed E-state index contributed by atoms with van der Waals surface area (Å²) < 4.78 is 2.94. The molecule has 0 aliphatic rings. The summed E-state index contributed by atoms with van der Waals surface area (Å²) in [5.41, 5.74) is 0.999. The van der Waals surface area contributed by atoms with E-state index in [1.54, 1.807) is 22.3 Å². The molecule has 0 unspecified atom stereocenters. The molecule has 86 valence electrons. The lowest BCUT2D eigenvalue weighted by molar-refractivity contribution is 0.710. The molecule has 1 aromatic carbocycles. The lowest BCUT2D eigenvalue weighted by Crippen LogP contribution is -2.11. The van der Waals surface area contributed by atoms with E-state index in [9.17, 15) is 0 Å². The summed E-state index contributed by atoms with van der Waals surface area (Å²) in [7, 11) is 1.89. The normalized spacial score (nSPS) is 11.1. The predicted molar refractivity (Wildman–Crippen MR) is 67.3 cm³/mol. The standard InChI is InChI=1S/C11H11N5S/c1-12-6-10-13-7-14-16(10)11-15-8-4-2-3-5-9(8)17-11/h2-5,7,12H,6H2,1H3. The molecule has 1 N–H and O–H groups in total. The second-order valence-electron chi connectivity index (χ2n) is 3.58. The van der Waals surface area contributed by atoms with Gasteiger partial charge >= 0.3 is 0 Å². The maximum Gasteiger partial charge on any atom is 0.213 e. The highest BCUT2D eigenvalue weighted by atomic mass is 32.1. The summed E-state index contributed by atoms with van der Waals surface area (Å²) in [6, 6.07) is 8.07. The maximum absolute atomic E-state index is 4.55. The average molecular weight is 245 g/mol. The second kappa shape index (κ2) is 4.23. The molecule has 6 heteroatoms. The van der Waals surface area contributed by atoms with Gasteiger partial charge in [0, 0.05) is 0 Å². The van der Waals surface area contributed by atoms with Gasteiger partial charge in [-0.25, -0.2) is 9.97 Å². The minimum absolute atomic E-state index is 0.677. The van der Waals surface area contributed by atoms with Gasteiger partial charge < -0.3 is 5.32 Å². The van der Waals surface area contributed by atoms with Crippen molar-refractivity contribution < 1.29 is 0 Å². The van der Waals surface area contributed by atoms with Crippen LogP contribution in [-0.2, 0) is 6.54 Å². The third-order valence-corrected chi connectivity index (χ3v) is 3.43. The van der Waals surface area contributed by atoms with Crippen LogP contribution in [0.15, 0.2) is 30.6 Å². The zero-order chi connectivity index (χ0) is 11.7. The first-order valence-electron chi connectivity index (χ1n) is 5.28. The van der Waals surface area contributed by atoms with E-state index in [4.69, 9.17) is 0 Å². The third kappa shape index (κ3) is 1.81. The van der Waals surface area contributed by atoms with Crippen LogP contribution in [0.1, 0.15) is 5.82 Å². The van der Waals surface area contributed by atoms with Crippen LogP contribution in [-0.4, -0.2) is 26.8 Å². The Hall–Kier alpha value is -1.79. The number of aromatic nitrogens is 4. The fourth-order valence-corrected chi connectivity index (χ4v) is 2.60. The van der Waals surface area contributed by atoms with E-state index in [0.29, 0.717) is 6.54 Å². The summed E-state index contributed by atoms with van der Waals surface area (Å²) in [4.78, 5) is 8.76. The van der Waals surface area contributed by atoms with E-state index in [1.807, 2.05) is 25.2 Å². The smallest absolute Gasteiger partial charge is 0.213 e. The number of nitrogens with zero attached hydrogens (tertiary/aromatic N) is 4. The van der Waals surface area contributed by atoms with Gasteiger partial charge in [-0.2, -0.15) is 9.78 Å². The van der Waals surface area contributed by atoms with Crippen molar-refractivity contribution in [3.63, 3.8) is 0 Å². The molecule has 0 fully saturated rings. The van der Waals surface area contributed by atoms with Crippen LogP contribution in [0.5, 0.6) is 0 Å². The number of nitrogens with one attached hydrogen (secondary N) is 1. The van der Waals surface area contributed by atoms with E-state index in [2.05, 4.69) is 26.4 Å². The van der Waals surface area contributed by atoms with Gasteiger partial charge in [-0.3, -0.25) is 0 Å². The lowest BCUT2D eigenvalue weighted by atomic mass is 10.3. The Kier molecular flexibility index (Phi) is 2.58. The SMILES string of the molecule is CNCc1ncnn1-c1nc2ccccc2s1. The summed E-state index contributed by atoms with van der Waals surface area (Å²) >= 11 is 1.62. The minimum atomic E-state index is 0.677. The Morgan fingerprint density at radius 3 is 3.06 bits per heavy atom. The molecule has 2 aromatic heterocycles. The summed E-state index contributed by atoms with van der Waals surface area (Å²) in [6.45, 7) is 0.677. The van der Waals surface area contributed by atoms with E-state index >= 15 is 0 Å². The minimum Gasteiger partial charge on any atom is -0.313 e. The van der Waals surface area contributed by atoms with Crippen molar-refractivity contribution in [2.24, 2.45) is 0 Å². The van der Waals surface area contributed by atoms with Crippen LogP contribution < -0.4 is 5.32 Å². The highest BCUT2D eigenvalue weighted by Crippen LogP contribution is 2.24. The molecule has 0 spiro atoms. The van der Waals surface area contributed by atoms with Gasteiger partial charge in [0.25, 0.3) is 0 Å². The lowest BCUT2D eigenvalue weighted by Gasteiger charge is -2.00. The maximum atomic E-state index is 4.55. The monoisotopic (exact) mass is 245 g/mol. The Bertz CT molecular complexity index is 609. The Balaban J connectivity index is 2.10. The number of hydrogen-bond acceptors (Lipinski definition) is 5. The van der Waals surface area contributed by atoms with Crippen LogP contribution in [0.4, 0.5) is 0 Å². The summed E-state index contributed by atoms with van der Waals surface area (Å²) in [6.07, 6.45) is 1.55. The van der Waals surface area contributed by atoms with Crippen LogP contribution in [0.3, 0.4) is 0 Å². The van der Waals surface area contributed by atoms with E-state index in [0.717, 1.165) is 21.2 Å². The van der Waals surface area contributed by atoms with Crippen LogP contribution >= 0.6 is 11.3 Å². The Labute approximate surface area is 102 Å². The fourth-order valence-electron chi connectivity index (χ4n) is 1.65. The zero-order valence-electron chi connectivity index (χ0n) is 9.29. The highest BCUT2D eigenvalue weighted by Gasteiger charge is 2.10. The fraction of sp³-hybridized carbons (Fsp3) is 0.182. The summed E-state index contributed by atoms with van der Waals surface area (Å²) in [5.74, 6) is 0.867. The zero-order valence-corrected chi connectivity index (χ0v) is 10.1. The molecule has 0 bridgehead atoms. The Morgan fingerprint density at radius 1 is 1.35 bits per heavy atom. The first-order valence-corrected chi connectivity index (χ1v) is 6.09. The highest BCUT2D eigenvalue weighted by molar-refractivity contribution is 7.20. The number of benzene rings is 1. The van der Waals surface area contributed by atoms with Gasteiger partial charge in [-0.05, 0) is 19.2 Å². The molecule has 0 amide bonds.